The monoisotopic (exact) mass is 441 g/mol. The molecule has 0 aromatic heterocycles. The fourth-order valence-electron chi connectivity index (χ4n) is 5.19. The summed E-state index contributed by atoms with van der Waals surface area (Å²) in [7, 11) is 0. The van der Waals surface area contributed by atoms with E-state index in [0.717, 1.165) is 24.2 Å². The van der Waals surface area contributed by atoms with Gasteiger partial charge in [-0.3, -0.25) is 9.59 Å². The molecule has 4 rings (SSSR count). The first-order chi connectivity index (χ1) is 15.0. The second-order valence-electron chi connectivity index (χ2n) is 8.84. The summed E-state index contributed by atoms with van der Waals surface area (Å²) in [5.41, 5.74) is 0.653. The molecule has 2 fully saturated rings. The summed E-state index contributed by atoms with van der Waals surface area (Å²) in [6.45, 7) is 2.75. The first-order valence-corrected chi connectivity index (χ1v) is 12.4. The van der Waals surface area contributed by atoms with Crippen LogP contribution < -0.4 is 10.2 Å². The number of anilines is 1. The average Bonchev–Trinajstić information content (AvgIpc) is 3.43. The van der Waals surface area contributed by atoms with Gasteiger partial charge in [0.15, 0.2) is 0 Å². The number of carbonyl (C=O) groups is 3. The van der Waals surface area contributed by atoms with Gasteiger partial charge in [0.25, 0.3) is 5.91 Å². The highest BCUT2D eigenvalue weighted by Gasteiger charge is 2.48. The van der Waals surface area contributed by atoms with E-state index in [1.54, 1.807) is 11.8 Å². The van der Waals surface area contributed by atoms with Gasteiger partial charge in [-0.2, -0.15) is 0 Å². The van der Waals surface area contributed by atoms with Gasteiger partial charge in [0, 0.05) is 24.9 Å². The molecular weight excluding hydrogens is 410 g/mol. The standard InChI is InChI=1S/C24H31N3O3S/c1-16(28)25-11-4-3-8-22-23(29)27(20-6-5-7-21(14-20)31-2)24(30)26(22)15-19-13-17-9-10-18(19)12-17/h5-7,9-10,14,17-19,22H,3-4,8,11-13,15H2,1-2H3,(H,25,28)/t17?,18?,19?,22-/m0/s1. The Hall–Kier alpha value is -2.28. The number of benzene rings is 1. The number of allylic oxidation sites excluding steroid dienone is 2. The van der Waals surface area contributed by atoms with Crippen LogP contribution in [0.5, 0.6) is 0 Å². The summed E-state index contributed by atoms with van der Waals surface area (Å²) < 4.78 is 0. The first kappa shape index (κ1) is 21.9. The number of unbranched alkanes of at least 4 members (excludes halogenated alkanes) is 1. The van der Waals surface area contributed by atoms with Gasteiger partial charge in [0.1, 0.15) is 6.04 Å². The second kappa shape index (κ2) is 9.47. The van der Waals surface area contributed by atoms with E-state index in [9.17, 15) is 14.4 Å². The lowest BCUT2D eigenvalue weighted by molar-refractivity contribution is -0.120. The number of hydrogen-bond acceptors (Lipinski definition) is 4. The molecule has 2 aliphatic carbocycles. The maximum atomic E-state index is 13.4. The highest BCUT2D eigenvalue weighted by molar-refractivity contribution is 7.98. The summed E-state index contributed by atoms with van der Waals surface area (Å²) in [5, 5.41) is 2.80. The maximum Gasteiger partial charge on any atom is 0.332 e. The zero-order chi connectivity index (χ0) is 22.0. The van der Waals surface area contributed by atoms with Gasteiger partial charge in [0.05, 0.1) is 5.69 Å². The van der Waals surface area contributed by atoms with Crippen molar-refractivity contribution in [1.82, 2.24) is 10.2 Å². The van der Waals surface area contributed by atoms with Crippen LogP contribution in [-0.4, -0.2) is 48.1 Å². The highest BCUT2D eigenvalue weighted by atomic mass is 32.2. The summed E-state index contributed by atoms with van der Waals surface area (Å²) in [5.74, 6) is 1.43. The summed E-state index contributed by atoms with van der Waals surface area (Å²) >= 11 is 1.60. The van der Waals surface area contributed by atoms with Gasteiger partial charge in [0.2, 0.25) is 5.91 Å². The van der Waals surface area contributed by atoms with Crippen molar-refractivity contribution in [2.75, 3.05) is 24.2 Å². The minimum atomic E-state index is -0.425. The largest absolute Gasteiger partial charge is 0.356 e. The first-order valence-electron chi connectivity index (χ1n) is 11.2. The van der Waals surface area contributed by atoms with Gasteiger partial charge < -0.3 is 10.2 Å². The van der Waals surface area contributed by atoms with E-state index in [-0.39, 0.29) is 17.8 Å². The number of urea groups is 1. The van der Waals surface area contributed by atoms with Crippen molar-refractivity contribution in [3.8, 4) is 0 Å². The van der Waals surface area contributed by atoms with Crippen molar-refractivity contribution in [3.63, 3.8) is 0 Å². The molecule has 3 aliphatic rings. The van der Waals surface area contributed by atoms with Gasteiger partial charge in [-0.05, 0) is 74.3 Å². The van der Waals surface area contributed by atoms with E-state index < -0.39 is 6.04 Å². The molecule has 2 bridgehead atoms. The summed E-state index contributed by atoms with van der Waals surface area (Å²) in [6, 6.07) is 7.02. The topological polar surface area (TPSA) is 69.7 Å². The minimum absolute atomic E-state index is 0.0436. The molecule has 0 spiro atoms. The third kappa shape index (κ3) is 4.66. The molecule has 31 heavy (non-hydrogen) atoms. The second-order valence-corrected chi connectivity index (χ2v) is 9.72. The van der Waals surface area contributed by atoms with Crippen molar-refractivity contribution in [2.24, 2.45) is 17.8 Å². The van der Waals surface area contributed by atoms with E-state index in [0.29, 0.717) is 43.0 Å². The normalized spacial score (nSPS) is 26.9. The van der Waals surface area contributed by atoms with Crippen LogP contribution >= 0.6 is 11.8 Å². The Morgan fingerprint density at radius 3 is 2.71 bits per heavy atom. The third-order valence-electron chi connectivity index (χ3n) is 6.76. The molecule has 166 valence electrons. The number of amides is 4. The predicted molar refractivity (Wildman–Crippen MR) is 123 cm³/mol. The molecule has 1 heterocycles. The zero-order valence-corrected chi connectivity index (χ0v) is 19.1. The minimum Gasteiger partial charge on any atom is -0.356 e. The van der Waals surface area contributed by atoms with Gasteiger partial charge in [-0.1, -0.05) is 18.2 Å². The van der Waals surface area contributed by atoms with Crippen LogP contribution in [0.3, 0.4) is 0 Å². The van der Waals surface area contributed by atoms with Gasteiger partial charge >= 0.3 is 6.03 Å². The molecule has 4 amide bonds. The van der Waals surface area contributed by atoms with Crippen LogP contribution in [0.25, 0.3) is 0 Å². The molecule has 3 unspecified atom stereocenters. The fraction of sp³-hybridized carbons (Fsp3) is 0.542. The van der Waals surface area contributed by atoms with E-state index >= 15 is 0 Å². The van der Waals surface area contributed by atoms with E-state index in [1.165, 1.54) is 18.2 Å². The van der Waals surface area contributed by atoms with Crippen LogP contribution in [-0.2, 0) is 9.59 Å². The molecule has 1 aromatic carbocycles. The Morgan fingerprint density at radius 1 is 1.19 bits per heavy atom. The van der Waals surface area contributed by atoms with Crippen LogP contribution in [0.15, 0.2) is 41.3 Å². The van der Waals surface area contributed by atoms with Crippen molar-refractivity contribution in [3.05, 3.63) is 36.4 Å². The van der Waals surface area contributed by atoms with E-state index in [4.69, 9.17) is 0 Å². The molecule has 4 atom stereocenters. The highest BCUT2D eigenvalue weighted by Crippen LogP contribution is 2.44. The third-order valence-corrected chi connectivity index (χ3v) is 7.48. The molecule has 1 saturated heterocycles. The number of rotatable bonds is 9. The summed E-state index contributed by atoms with van der Waals surface area (Å²) in [4.78, 5) is 42.2. The Bertz CT molecular complexity index is 887. The number of nitrogens with zero attached hydrogens (tertiary/aromatic N) is 2. The zero-order valence-electron chi connectivity index (χ0n) is 18.3. The van der Waals surface area contributed by atoms with E-state index in [2.05, 4.69) is 17.5 Å². The molecular formula is C24H31N3O3S. The van der Waals surface area contributed by atoms with Crippen molar-refractivity contribution < 1.29 is 14.4 Å². The lowest BCUT2D eigenvalue weighted by atomic mass is 9.92. The van der Waals surface area contributed by atoms with Gasteiger partial charge in [-0.15, -0.1) is 11.8 Å². The molecule has 1 aliphatic heterocycles. The smallest absolute Gasteiger partial charge is 0.332 e. The summed E-state index contributed by atoms with van der Waals surface area (Å²) in [6.07, 6.45) is 11.1. The van der Waals surface area contributed by atoms with Crippen LogP contribution in [0.1, 0.15) is 39.0 Å². The Labute approximate surface area is 188 Å². The SMILES string of the molecule is CSc1cccc(N2C(=O)[C@H](CCCCNC(C)=O)N(CC3CC4C=CC3C4)C2=O)c1. The maximum absolute atomic E-state index is 13.4. The van der Waals surface area contributed by atoms with Crippen molar-refractivity contribution in [2.45, 2.75) is 50.0 Å². The molecule has 7 heteroatoms. The number of thioether (sulfide) groups is 1. The number of carbonyl (C=O) groups excluding carboxylic acids is 3. The number of hydrogen-bond donors (Lipinski definition) is 1. The van der Waals surface area contributed by atoms with Crippen LogP contribution in [0, 0.1) is 17.8 Å². The van der Waals surface area contributed by atoms with Crippen molar-refractivity contribution in [1.29, 1.82) is 0 Å². The quantitative estimate of drug-likeness (QED) is 0.272. The molecule has 1 N–H and O–H groups in total. The van der Waals surface area contributed by atoms with Crippen molar-refractivity contribution >= 4 is 35.3 Å². The van der Waals surface area contributed by atoms with Gasteiger partial charge in [-0.25, -0.2) is 9.69 Å². The molecule has 1 saturated carbocycles. The Balaban J connectivity index is 1.50. The fourth-order valence-corrected chi connectivity index (χ4v) is 5.65. The predicted octanol–water partition coefficient (Wildman–Crippen LogP) is 4.06. The van der Waals surface area contributed by atoms with Crippen LogP contribution in [0.2, 0.25) is 0 Å². The Morgan fingerprint density at radius 2 is 2.03 bits per heavy atom. The van der Waals surface area contributed by atoms with Crippen LogP contribution in [0.4, 0.5) is 10.5 Å². The molecule has 6 nitrogen and oxygen atoms in total. The average molecular weight is 442 g/mol. The number of fused-ring (bicyclic) bond motifs is 2. The number of imide groups is 1. The lowest BCUT2D eigenvalue weighted by Gasteiger charge is -2.28. The Kier molecular flexibility index (Phi) is 6.70. The van der Waals surface area contributed by atoms with E-state index in [1.807, 2.05) is 35.4 Å². The molecule has 0 radical (unpaired) electrons. The number of nitrogens with one attached hydrogen (secondary N) is 1. The lowest BCUT2D eigenvalue weighted by Crippen LogP contribution is -2.40. The molecule has 1 aromatic rings.